The summed E-state index contributed by atoms with van der Waals surface area (Å²) < 4.78 is 45.5. The molecule has 0 radical (unpaired) electrons. The van der Waals surface area contributed by atoms with Crippen LogP contribution < -0.4 is 10.1 Å². The second-order valence-electron chi connectivity index (χ2n) is 7.04. The molecule has 0 fully saturated rings. The van der Waals surface area contributed by atoms with Gasteiger partial charge < -0.3 is 14.6 Å². The van der Waals surface area contributed by atoms with Crippen LogP contribution in [0.15, 0.2) is 60.9 Å². The molecule has 1 aromatic heterocycles. The second kappa shape index (κ2) is 9.02. The van der Waals surface area contributed by atoms with Gasteiger partial charge in [-0.3, -0.25) is 4.79 Å². The van der Waals surface area contributed by atoms with Crippen molar-refractivity contribution in [2.45, 2.75) is 32.0 Å². The van der Waals surface area contributed by atoms with Gasteiger partial charge in [0, 0.05) is 31.5 Å². The molecule has 0 bridgehead atoms. The number of anilines is 1. The van der Waals surface area contributed by atoms with Crippen molar-refractivity contribution in [3.8, 4) is 5.75 Å². The molecule has 158 valence electrons. The van der Waals surface area contributed by atoms with Crippen LogP contribution in [0.5, 0.6) is 5.75 Å². The van der Waals surface area contributed by atoms with E-state index in [1.165, 1.54) is 12.1 Å². The van der Waals surface area contributed by atoms with Crippen molar-refractivity contribution < 1.29 is 22.7 Å². The molecule has 5 nitrogen and oxygen atoms in total. The number of benzene rings is 2. The van der Waals surface area contributed by atoms with Gasteiger partial charge in [-0.25, -0.2) is 4.98 Å². The first-order valence-electron chi connectivity index (χ1n) is 9.38. The van der Waals surface area contributed by atoms with E-state index < -0.39 is 11.7 Å². The van der Waals surface area contributed by atoms with E-state index in [0.29, 0.717) is 23.6 Å². The summed E-state index contributed by atoms with van der Waals surface area (Å²) in [6, 6.07) is 11.8. The lowest BCUT2D eigenvalue weighted by atomic mass is 9.96. The van der Waals surface area contributed by atoms with Crippen LogP contribution in [-0.2, 0) is 24.6 Å². The first-order chi connectivity index (χ1) is 14.2. The van der Waals surface area contributed by atoms with Gasteiger partial charge in [-0.1, -0.05) is 19.1 Å². The number of amides is 1. The molecule has 3 aromatic rings. The quantitative estimate of drug-likeness (QED) is 0.578. The molecule has 1 unspecified atom stereocenters. The number of aryl methyl sites for hydroxylation is 1. The minimum Gasteiger partial charge on any atom is -0.486 e. The number of carbonyl (C=O) groups is 1. The molecule has 1 N–H and O–H groups in total. The molecule has 3 rings (SSSR count). The molecular formula is C22H22F3N3O2. The van der Waals surface area contributed by atoms with Crippen molar-refractivity contribution in [3.63, 3.8) is 0 Å². The number of nitrogens with zero attached hydrogens (tertiary/aromatic N) is 2. The molecular weight excluding hydrogens is 395 g/mol. The van der Waals surface area contributed by atoms with Crippen molar-refractivity contribution in [2.24, 2.45) is 7.05 Å². The summed E-state index contributed by atoms with van der Waals surface area (Å²) in [5.74, 6) is 1.01. The summed E-state index contributed by atoms with van der Waals surface area (Å²) in [6.07, 6.45) is -0.679. The molecule has 0 aliphatic heterocycles. The Balaban J connectivity index is 1.51. The molecule has 0 aliphatic rings. The predicted molar refractivity (Wildman–Crippen MR) is 107 cm³/mol. The highest BCUT2D eigenvalue weighted by atomic mass is 19.4. The monoisotopic (exact) mass is 417 g/mol. The third-order valence-corrected chi connectivity index (χ3v) is 4.73. The van der Waals surface area contributed by atoms with Gasteiger partial charge >= 0.3 is 6.18 Å². The molecule has 0 aliphatic carbocycles. The van der Waals surface area contributed by atoms with E-state index in [4.69, 9.17) is 4.74 Å². The molecule has 1 heterocycles. The number of ether oxygens (including phenoxy) is 1. The molecule has 30 heavy (non-hydrogen) atoms. The first kappa shape index (κ1) is 21.4. The zero-order valence-electron chi connectivity index (χ0n) is 16.6. The smallest absolute Gasteiger partial charge is 0.416 e. The molecule has 1 atom stereocenters. The SMILES string of the molecule is CC(CC(=O)Nc1ccc(OCc2nccn2C)cc1)c1ccc(C(F)(F)F)cc1. The minimum absolute atomic E-state index is 0.156. The van der Waals surface area contributed by atoms with Crippen molar-refractivity contribution in [3.05, 3.63) is 77.9 Å². The van der Waals surface area contributed by atoms with Gasteiger partial charge in [0.1, 0.15) is 18.2 Å². The van der Waals surface area contributed by atoms with Gasteiger partial charge in [0.15, 0.2) is 0 Å². The molecule has 1 amide bonds. The largest absolute Gasteiger partial charge is 0.486 e. The maximum absolute atomic E-state index is 12.7. The lowest BCUT2D eigenvalue weighted by Gasteiger charge is -2.14. The van der Waals surface area contributed by atoms with Crippen LogP contribution in [0.4, 0.5) is 18.9 Å². The lowest BCUT2D eigenvalue weighted by molar-refractivity contribution is -0.137. The third kappa shape index (κ3) is 5.62. The third-order valence-electron chi connectivity index (χ3n) is 4.73. The number of aromatic nitrogens is 2. The Labute approximate surface area is 172 Å². The summed E-state index contributed by atoms with van der Waals surface area (Å²) in [6.45, 7) is 2.14. The highest BCUT2D eigenvalue weighted by Crippen LogP contribution is 2.30. The van der Waals surface area contributed by atoms with Gasteiger partial charge in [0.25, 0.3) is 0 Å². The number of imidazole rings is 1. The van der Waals surface area contributed by atoms with E-state index in [-0.39, 0.29) is 18.2 Å². The van der Waals surface area contributed by atoms with E-state index in [1.807, 2.05) is 17.8 Å². The Morgan fingerprint density at radius 1 is 1.13 bits per heavy atom. The normalized spacial score (nSPS) is 12.4. The number of hydrogen-bond acceptors (Lipinski definition) is 3. The van der Waals surface area contributed by atoms with Crippen LogP contribution in [0.1, 0.15) is 36.2 Å². The zero-order chi connectivity index (χ0) is 21.7. The Bertz CT molecular complexity index is 980. The van der Waals surface area contributed by atoms with Crippen LogP contribution in [0.25, 0.3) is 0 Å². The Kier molecular flexibility index (Phi) is 6.44. The standard InChI is InChI=1S/C22H22F3N3O2/c1-15(16-3-5-17(6-4-16)22(23,24)25)13-21(29)27-18-7-9-19(10-8-18)30-14-20-26-11-12-28(20)2/h3-12,15H,13-14H2,1-2H3,(H,27,29). The number of hydrogen-bond donors (Lipinski definition) is 1. The summed E-state index contributed by atoms with van der Waals surface area (Å²) in [7, 11) is 1.88. The maximum atomic E-state index is 12.7. The average Bonchev–Trinajstić information content (AvgIpc) is 3.11. The highest BCUT2D eigenvalue weighted by Gasteiger charge is 2.30. The van der Waals surface area contributed by atoms with Gasteiger partial charge in [-0.15, -0.1) is 0 Å². The Hall–Kier alpha value is -3.29. The fourth-order valence-electron chi connectivity index (χ4n) is 2.93. The van der Waals surface area contributed by atoms with Crippen molar-refractivity contribution >= 4 is 11.6 Å². The first-order valence-corrected chi connectivity index (χ1v) is 9.38. The number of nitrogens with one attached hydrogen (secondary N) is 1. The van der Waals surface area contributed by atoms with Gasteiger partial charge in [-0.2, -0.15) is 13.2 Å². The zero-order valence-corrected chi connectivity index (χ0v) is 16.6. The van der Waals surface area contributed by atoms with E-state index >= 15 is 0 Å². The van der Waals surface area contributed by atoms with Crippen LogP contribution in [0, 0.1) is 0 Å². The fourth-order valence-corrected chi connectivity index (χ4v) is 2.93. The topological polar surface area (TPSA) is 56.1 Å². The molecule has 0 saturated carbocycles. The second-order valence-corrected chi connectivity index (χ2v) is 7.04. The maximum Gasteiger partial charge on any atom is 0.416 e. The van der Waals surface area contributed by atoms with Crippen LogP contribution in [-0.4, -0.2) is 15.5 Å². The highest BCUT2D eigenvalue weighted by molar-refractivity contribution is 5.91. The summed E-state index contributed by atoms with van der Waals surface area (Å²) in [4.78, 5) is 16.5. The van der Waals surface area contributed by atoms with Crippen molar-refractivity contribution in [2.75, 3.05) is 5.32 Å². The van der Waals surface area contributed by atoms with Gasteiger partial charge in [0.2, 0.25) is 5.91 Å². The van der Waals surface area contributed by atoms with E-state index in [9.17, 15) is 18.0 Å². The van der Waals surface area contributed by atoms with Crippen LogP contribution in [0.3, 0.4) is 0 Å². The van der Waals surface area contributed by atoms with E-state index in [0.717, 1.165) is 18.0 Å². The van der Waals surface area contributed by atoms with Crippen molar-refractivity contribution in [1.29, 1.82) is 0 Å². The molecule has 0 saturated heterocycles. The molecule has 0 spiro atoms. The van der Waals surface area contributed by atoms with Crippen LogP contribution >= 0.6 is 0 Å². The summed E-state index contributed by atoms with van der Waals surface area (Å²) >= 11 is 0. The van der Waals surface area contributed by atoms with Crippen LogP contribution in [0.2, 0.25) is 0 Å². The lowest BCUT2D eigenvalue weighted by Crippen LogP contribution is -2.14. The minimum atomic E-state index is -4.37. The summed E-state index contributed by atoms with van der Waals surface area (Å²) in [5, 5.41) is 2.79. The molecule has 2 aromatic carbocycles. The number of rotatable bonds is 7. The number of carbonyl (C=O) groups excluding carboxylic acids is 1. The fraction of sp³-hybridized carbons (Fsp3) is 0.273. The number of alkyl halides is 3. The Morgan fingerprint density at radius 3 is 2.37 bits per heavy atom. The number of halogens is 3. The predicted octanol–water partition coefficient (Wildman–Crippen LogP) is 5.15. The van der Waals surface area contributed by atoms with Gasteiger partial charge in [0.05, 0.1) is 5.56 Å². The van der Waals surface area contributed by atoms with Gasteiger partial charge in [-0.05, 0) is 47.9 Å². The molecule has 8 heteroatoms. The Morgan fingerprint density at radius 2 is 1.80 bits per heavy atom. The van der Waals surface area contributed by atoms with E-state index in [1.54, 1.807) is 37.4 Å². The van der Waals surface area contributed by atoms with Crippen molar-refractivity contribution in [1.82, 2.24) is 9.55 Å². The summed E-state index contributed by atoms with van der Waals surface area (Å²) in [5.41, 5.74) is 0.591. The van der Waals surface area contributed by atoms with E-state index in [2.05, 4.69) is 10.3 Å². The average molecular weight is 417 g/mol.